The summed E-state index contributed by atoms with van der Waals surface area (Å²) in [5, 5.41) is 16.2. The molecule has 0 aliphatic rings. The van der Waals surface area contributed by atoms with Crippen molar-refractivity contribution in [2.45, 2.75) is 6.92 Å². The zero-order valence-electron chi connectivity index (χ0n) is 13.7. The van der Waals surface area contributed by atoms with Crippen LogP contribution in [0.15, 0.2) is 36.4 Å². The molecule has 0 radical (unpaired) electrons. The van der Waals surface area contributed by atoms with Crippen LogP contribution in [0, 0.1) is 21.7 Å². The fraction of sp³-hybridized carbons (Fsp3) is 0.176. The van der Waals surface area contributed by atoms with Crippen molar-refractivity contribution in [2.24, 2.45) is 0 Å². The summed E-state index contributed by atoms with van der Waals surface area (Å²) in [4.78, 5) is 33.6. The molecule has 0 fully saturated rings. The summed E-state index contributed by atoms with van der Waals surface area (Å²) < 4.78 is 27.0. The van der Waals surface area contributed by atoms with Crippen LogP contribution < -0.4 is 10.6 Å². The monoisotopic (exact) mass is 363 g/mol. The highest BCUT2D eigenvalue weighted by Crippen LogP contribution is 2.25. The standard InChI is InChI=1S/C17H15F2N3O4/c1-10(23)11-5-6-14(15(9-11)22(25)26)20-7-8-21-17(24)16-12(18)3-2-4-13(16)19/h2-6,9,20H,7-8H2,1H3,(H,21,24). The van der Waals surface area contributed by atoms with E-state index in [0.29, 0.717) is 0 Å². The molecule has 1 amide bonds. The summed E-state index contributed by atoms with van der Waals surface area (Å²) in [6, 6.07) is 7.05. The quantitative estimate of drug-likeness (QED) is 0.341. The van der Waals surface area contributed by atoms with E-state index in [4.69, 9.17) is 0 Å². The van der Waals surface area contributed by atoms with Crippen LogP contribution in [0.2, 0.25) is 0 Å². The molecule has 2 aromatic carbocycles. The lowest BCUT2D eigenvalue weighted by atomic mass is 10.1. The summed E-state index contributed by atoms with van der Waals surface area (Å²) in [7, 11) is 0. The van der Waals surface area contributed by atoms with Gasteiger partial charge in [0.05, 0.1) is 4.92 Å². The van der Waals surface area contributed by atoms with Gasteiger partial charge in [0.15, 0.2) is 5.78 Å². The number of nitro benzene ring substituents is 1. The first-order valence-electron chi connectivity index (χ1n) is 7.56. The summed E-state index contributed by atoms with van der Waals surface area (Å²) in [6.07, 6.45) is 0. The van der Waals surface area contributed by atoms with Crippen molar-refractivity contribution in [2.75, 3.05) is 18.4 Å². The Morgan fingerprint density at radius 1 is 1.12 bits per heavy atom. The minimum atomic E-state index is -0.981. The van der Waals surface area contributed by atoms with Gasteiger partial charge in [-0.1, -0.05) is 6.07 Å². The third-order valence-corrected chi connectivity index (χ3v) is 3.52. The Kier molecular flexibility index (Phi) is 5.94. The van der Waals surface area contributed by atoms with Crippen LogP contribution in [0.5, 0.6) is 0 Å². The Labute approximate surface area is 147 Å². The zero-order valence-corrected chi connectivity index (χ0v) is 13.7. The van der Waals surface area contributed by atoms with Gasteiger partial charge in [0.25, 0.3) is 11.6 Å². The molecule has 0 saturated heterocycles. The van der Waals surface area contributed by atoms with E-state index < -0.39 is 28.0 Å². The van der Waals surface area contributed by atoms with Crippen LogP contribution in [0.4, 0.5) is 20.2 Å². The normalized spacial score (nSPS) is 10.3. The van der Waals surface area contributed by atoms with Gasteiger partial charge in [0.1, 0.15) is 22.9 Å². The fourth-order valence-corrected chi connectivity index (χ4v) is 2.23. The molecule has 2 rings (SSSR count). The third-order valence-electron chi connectivity index (χ3n) is 3.52. The lowest BCUT2D eigenvalue weighted by molar-refractivity contribution is -0.384. The predicted octanol–water partition coefficient (Wildman–Crippen LogP) is 2.92. The molecular weight excluding hydrogens is 348 g/mol. The van der Waals surface area contributed by atoms with Gasteiger partial charge in [0.2, 0.25) is 0 Å². The van der Waals surface area contributed by atoms with Gasteiger partial charge in [-0.2, -0.15) is 0 Å². The van der Waals surface area contributed by atoms with Crippen molar-refractivity contribution < 1.29 is 23.3 Å². The first-order chi connectivity index (χ1) is 12.3. The number of amides is 1. The second-order valence-electron chi connectivity index (χ2n) is 5.32. The highest BCUT2D eigenvalue weighted by atomic mass is 19.1. The van der Waals surface area contributed by atoms with Crippen molar-refractivity contribution in [1.82, 2.24) is 5.32 Å². The Morgan fingerprint density at radius 2 is 1.77 bits per heavy atom. The summed E-state index contributed by atoms with van der Waals surface area (Å²) in [5.74, 6) is -3.19. The molecule has 0 aliphatic carbocycles. The van der Waals surface area contributed by atoms with Crippen molar-refractivity contribution in [3.05, 3.63) is 69.3 Å². The number of ketones is 1. The lowest BCUT2D eigenvalue weighted by Gasteiger charge is -2.10. The maximum Gasteiger partial charge on any atom is 0.293 e. The van der Waals surface area contributed by atoms with E-state index in [1.54, 1.807) is 0 Å². The number of nitro groups is 1. The second-order valence-corrected chi connectivity index (χ2v) is 5.32. The SMILES string of the molecule is CC(=O)c1ccc(NCCNC(=O)c2c(F)cccc2F)c([N+](=O)[O-])c1. The Hall–Kier alpha value is -3.36. The van der Waals surface area contributed by atoms with E-state index in [1.165, 1.54) is 19.1 Å². The number of carbonyl (C=O) groups excluding carboxylic acids is 2. The van der Waals surface area contributed by atoms with Gasteiger partial charge in [0, 0.05) is 24.7 Å². The van der Waals surface area contributed by atoms with Crippen LogP contribution in [0.3, 0.4) is 0 Å². The highest BCUT2D eigenvalue weighted by molar-refractivity contribution is 5.95. The number of anilines is 1. The Bertz CT molecular complexity index is 851. The summed E-state index contributed by atoms with van der Waals surface area (Å²) in [6.45, 7) is 1.34. The van der Waals surface area contributed by atoms with Gasteiger partial charge in [-0.25, -0.2) is 8.78 Å². The van der Waals surface area contributed by atoms with Crippen molar-refractivity contribution in [3.63, 3.8) is 0 Å². The van der Waals surface area contributed by atoms with Gasteiger partial charge >= 0.3 is 0 Å². The molecule has 0 aromatic heterocycles. The molecule has 0 spiro atoms. The number of hydrogen-bond acceptors (Lipinski definition) is 5. The zero-order chi connectivity index (χ0) is 19.3. The molecule has 2 N–H and O–H groups in total. The topological polar surface area (TPSA) is 101 Å². The van der Waals surface area contributed by atoms with Crippen LogP contribution >= 0.6 is 0 Å². The summed E-state index contributed by atoms with van der Waals surface area (Å²) >= 11 is 0. The maximum absolute atomic E-state index is 13.5. The number of rotatable bonds is 7. The molecule has 0 saturated carbocycles. The minimum Gasteiger partial charge on any atom is -0.378 e. The van der Waals surface area contributed by atoms with E-state index in [-0.39, 0.29) is 35.8 Å². The lowest BCUT2D eigenvalue weighted by Crippen LogP contribution is -2.30. The molecule has 2 aromatic rings. The van der Waals surface area contributed by atoms with Crippen LogP contribution in [-0.4, -0.2) is 29.7 Å². The second kappa shape index (κ2) is 8.15. The van der Waals surface area contributed by atoms with E-state index in [0.717, 1.165) is 24.3 Å². The Balaban J connectivity index is 1.99. The van der Waals surface area contributed by atoms with Gasteiger partial charge in [-0.3, -0.25) is 19.7 Å². The van der Waals surface area contributed by atoms with Gasteiger partial charge in [-0.05, 0) is 31.2 Å². The van der Waals surface area contributed by atoms with Crippen LogP contribution in [0.1, 0.15) is 27.6 Å². The number of nitrogens with one attached hydrogen (secondary N) is 2. The van der Waals surface area contributed by atoms with Crippen LogP contribution in [0.25, 0.3) is 0 Å². The van der Waals surface area contributed by atoms with Crippen LogP contribution in [-0.2, 0) is 0 Å². The number of Topliss-reactive ketones (excluding diaryl/α,β-unsaturated/α-hetero) is 1. The van der Waals surface area contributed by atoms with Gasteiger partial charge in [-0.15, -0.1) is 0 Å². The molecule has 0 aliphatic heterocycles. The maximum atomic E-state index is 13.5. The number of benzene rings is 2. The molecule has 26 heavy (non-hydrogen) atoms. The minimum absolute atomic E-state index is 0.0295. The molecule has 0 atom stereocenters. The number of hydrogen-bond donors (Lipinski definition) is 2. The molecule has 0 unspecified atom stereocenters. The molecule has 0 heterocycles. The van der Waals surface area contributed by atoms with Gasteiger partial charge < -0.3 is 10.6 Å². The molecule has 0 bridgehead atoms. The van der Waals surface area contributed by atoms with E-state index in [1.807, 2.05) is 0 Å². The first-order valence-corrected chi connectivity index (χ1v) is 7.56. The largest absolute Gasteiger partial charge is 0.378 e. The highest BCUT2D eigenvalue weighted by Gasteiger charge is 2.18. The number of nitrogens with zero attached hydrogens (tertiary/aromatic N) is 1. The van der Waals surface area contributed by atoms with Crippen molar-refractivity contribution in [1.29, 1.82) is 0 Å². The third kappa shape index (κ3) is 4.38. The fourth-order valence-electron chi connectivity index (χ4n) is 2.23. The number of carbonyl (C=O) groups is 2. The average Bonchev–Trinajstić information content (AvgIpc) is 2.58. The molecule has 9 heteroatoms. The van der Waals surface area contributed by atoms with E-state index >= 15 is 0 Å². The van der Waals surface area contributed by atoms with Crippen molar-refractivity contribution in [3.8, 4) is 0 Å². The number of halogens is 2. The van der Waals surface area contributed by atoms with Crippen molar-refractivity contribution >= 4 is 23.1 Å². The summed E-state index contributed by atoms with van der Waals surface area (Å²) in [5.41, 5.74) is -0.620. The predicted molar refractivity (Wildman–Crippen MR) is 90.3 cm³/mol. The van der Waals surface area contributed by atoms with E-state index in [9.17, 15) is 28.5 Å². The molecule has 136 valence electrons. The molecule has 7 nitrogen and oxygen atoms in total. The Morgan fingerprint density at radius 3 is 2.35 bits per heavy atom. The van der Waals surface area contributed by atoms with E-state index in [2.05, 4.69) is 10.6 Å². The smallest absolute Gasteiger partial charge is 0.293 e. The first kappa shape index (κ1) is 19.0. The average molecular weight is 363 g/mol. The molecular formula is C17H15F2N3O4.